The zero-order valence-electron chi connectivity index (χ0n) is 12.5. The highest BCUT2D eigenvalue weighted by molar-refractivity contribution is 5.22. The maximum atomic E-state index is 13.9. The number of nitrogens with zero attached hydrogens (tertiary/aromatic N) is 1. The Balaban J connectivity index is 2.17. The van der Waals surface area contributed by atoms with Crippen LogP contribution in [0.15, 0.2) is 18.2 Å². The van der Waals surface area contributed by atoms with Gasteiger partial charge in [0.05, 0.1) is 0 Å². The number of nitrogens with one attached hydrogen (secondary N) is 1. The molecule has 0 saturated carbocycles. The molecule has 2 atom stereocenters. The van der Waals surface area contributed by atoms with E-state index in [1.54, 1.807) is 0 Å². The van der Waals surface area contributed by atoms with E-state index in [0.717, 1.165) is 19.5 Å². The molecule has 0 radical (unpaired) electrons. The van der Waals surface area contributed by atoms with E-state index in [1.807, 2.05) is 6.92 Å². The van der Waals surface area contributed by atoms with Gasteiger partial charge in [0, 0.05) is 30.2 Å². The number of hydrogen-bond donors (Lipinski definition) is 1. The first kappa shape index (κ1) is 15.4. The largest absolute Gasteiger partial charge is 0.313 e. The van der Waals surface area contributed by atoms with Crippen molar-refractivity contribution in [3.05, 3.63) is 35.4 Å². The van der Waals surface area contributed by atoms with Crippen molar-refractivity contribution >= 4 is 0 Å². The van der Waals surface area contributed by atoms with E-state index in [2.05, 4.69) is 24.1 Å². The molecule has 2 nitrogen and oxygen atoms in total. The van der Waals surface area contributed by atoms with Gasteiger partial charge in [-0.25, -0.2) is 8.78 Å². The van der Waals surface area contributed by atoms with E-state index in [9.17, 15) is 8.78 Å². The molecule has 112 valence electrons. The zero-order valence-corrected chi connectivity index (χ0v) is 12.5. The van der Waals surface area contributed by atoms with E-state index in [0.29, 0.717) is 11.6 Å². The molecule has 0 spiro atoms. The highest BCUT2D eigenvalue weighted by atomic mass is 19.1. The summed E-state index contributed by atoms with van der Waals surface area (Å²) in [5.74, 6) is -0.708. The second-order valence-electron chi connectivity index (χ2n) is 5.93. The Kier molecular flexibility index (Phi) is 5.11. The normalized spacial score (nSPS) is 20.9. The monoisotopic (exact) mass is 282 g/mol. The molecule has 20 heavy (non-hydrogen) atoms. The SMILES string of the molecule is CC(C)N(CC1CCCN1)C(C)c1cc(F)ccc1F. The van der Waals surface area contributed by atoms with Crippen LogP contribution >= 0.6 is 0 Å². The standard InChI is InChI=1S/C16H24F2N2/c1-11(2)20(10-14-5-4-8-19-14)12(3)15-9-13(17)6-7-16(15)18/h6-7,9,11-12,14,19H,4-5,8,10H2,1-3H3. The molecule has 2 rings (SSSR count). The molecule has 4 heteroatoms. The highest BCUT2D eigenvalue weighted by Gasteiger charge is 2.26. The predicted octanol–water partition coefficient (Wildman–Crippen LogP) is 3.49. The van der Waals surface area contributed by atoms with Gasteiger partial charge in [0.25, 0.3) is 0 Å². The van der Waals surface area contributed by atoms with Crippen molar-refractivity contribution in [2.45, 2.75) is 51.7 Å². The molecule has 0 aromatic heterocycles. The minimum Gasteiger partial charge on any atom is -0.313 e. The van der Waals surface area contributed by atoms with Gasteiger partial charge in [0.2, 0.25) is 0 Å². The topological polar surface area (TPSA) is 15.3 Å². The molecular formula is C16H24F2N2. The van der Waals surface area contributed by atoms with Crippen LogP contribution in [0.1, 0.15) is 45.2 Å². The Morgan fingerprint density at radius 1 is 1.30 bits per heavy atom. The third-order valence-electron chi connectivity index (χ3n) is 4.16. The smallest absolute Gasteiger partial charge is 0.128 e. The maximum absolute atomic E-state index is 13.9. The van der Waals surface area contributed by atoms with Crippen molar-refractivity contribution in [2.24, 2.45) is 0 Å². The van der Waals surface area contributed by atoms with Gasteiger partial charge >= 0.3 is 0 Å². The van der Waals surface area contributed by atoms with Gasteiger partial charge < -0.3 is 5.32 Å². The first-order valence-corrected chi connectivity index (χ1v) is 7.43. The van der Waals surface area contributed by atoms with Gasteiger partial charge in [-0.05, 0) is 58.4 Å². The molecule has 1 aromatic rings. The van der Waals surface area contributed by atoms with Crippen molar-refractivity contribution in [1.82, 2.24) is 10.2 Å². The molecule has 1 fully saturated rings. The van der Waals surface area contributed by atoms with Crippen LogP contribution in [0.5, 0.6) is 0 Å². The molecule has 1 aliphatic heterocycles. The van der Waals surface area contributed by atoms with Crippen molar-refractivity contribution in [3.8, 4) is 0 Å². The van der Waals surface area contributed by atoms with Gasteiger partial charge in [0.15, 0.2) is 0 Å². The van der Waals surface area contributed by atoms with Crippen molar-refractivity contribution in [1.29, 1.82) is 0 Å². The molecule has 2 unspecified atom stereocenters. The summed E-state index contributed by atoms with van der Waals surface area (Å²) in [4.78, 5) is 2.24. The Morgan fingerprint density at radius 2 is 2.05 bits per heavy atom. The van der Waals surface area contributed by atoms with Crippen LogP contribution in [-0.4, -0.2) is 30.1 Å². The Morgan fingerprint density at radius 3 is 2.65 bits per heavy atom. The molecule has 1 saturated heterocycles. The average Bonchev–Trinajstić information content (AvgIpc) is 2.90. The molecule has 1 aromatic carbocycles. The number of rotatable bonds is 5. The lowest BCUT2D eigenvalue weighted by molar-refractivity contribution is 0.147. The molecular weight excluding hydrogens is 258 g/mol. The number of benzene rings is 1. The van der Waals surface area contributed by atoms with E-state index in [-0.39, 0.29) is 23.7 Å². The van der Waals surface area contributed by atoms with Gasteiger partial charge in [-0.3, -0.25) is 4.90 Å². The summed E-state index contributed by atoms with van der Waals surface area (Å²) in [6.07, 6.45) is 2.35. The summed E-state index contributed by atoms with van der Waals surface area (Å²) in [6, 6.07) is 4.31. The molecule has 1 aliphatic rings. The summed E-state index contributed by atoms with van der Waals surface area (Å²) in [6.45, 7) is 8.08. The average molecular weight is 282 g/mol. The summed E-state index contributed by atoms with van der Waals surface area (Å²) >= 11 is 0. The molecule has 1 heterocycles. The first-order valence-electron chi connectivity index (χ1n) is 7.43. The van der Waals surface area contributed by atoms with Gasteiger partial charge in [0.1, 0.15) is 11.6 Å². The van der Waals surface area contributed by atoms with E-state index >= 15 is 0 Å². The number of halogens is 2. The zero-order chi connectivity index (χ0) is 14.7. The fourth-order valence-corrected chi connectivity index (χ4v) is 3.00. The van der Waals surface area contributed by atoms with Crippen LogP contribution < -0.4 is 5.32 Å². The molecule has 1 N–H and O–H groups in total. The highest BCUT2D eigenvalue weighted by Crippen LogP contribution is 2.26. The van der Waals surface area contributed by atoms with E-state index in [1.165, 1.54) is 24.6 Å². The summed E-state index contributed by atoms with van der Waals surface area (Å²) < 4.78 is 27.3. The lowest BCUT2D eigenvalue weighted by Gasteiger charge is -2.35. The second-order valence-corrected chi connectivity index (χ2v) is 5.93. The van der Waals surface area contributed by atoms with Gasteiger partial charge in [-0.1, -0.05) is 0 Å². The lowest BCUT2D eigenvalue weighted by atomic mass is 10.0. The van der Waals surface area contributed by atoms with Crippen LogP contribution in [0.25, 0.3) is 0 Å². The summed E-state index contributed by atoms with van der Waals surface area (Å²) in [5, 5.41) is 3.46. The summed E-state index contributed by atoms with van der Waals surface area (Å²) in [7, 11) is 0. The number of hydrogen-bond acceptors (Lipinski definition) is 2. The Bertz CT molecular complexity index is 442. The van der Waals surface area contributed by atoms with Gasteiger partial charge in [-0.15, -0.1) is 0 Å². The fourth-order valence-electron chi connectivity index (χ4n) is 3.00. The van der Waals surface area contributed by atoms with Crippen molar-refractivity contribution in [3.63, 3.8) is 0 Å². The van der Waals surface area contributed by atoms with Crippen LogP contribution in [0, 0.1) is 11.6 Å². The summed E-state index contributed by atoms with van der Waals surface area (Å²) in [5.41, 5.74) is 0.441. The Labute approximate surface area is 120 Å². The van der Waals surface area contributed by atoms with Crippen molar-refractivity contribution < 1.29 is 8.78 Å². The third-order valence-corrected chi connectivity index (χ3v) is 4.16. The fraction of sp³-hybridized carbons (Fsp3) is 0.625. The first-order chi connectivity index (χ1) is 9.49. The Hall–Kier alpha value is -1.00. The molecule has 0 bridgehead atoms. The van der Waals surface area contributed by atoms with Crippen LogP contribution in [0.4, 0.5) is 8.78 Å². The van der Waals surface area contributed by atoms with Crippen molar-refractivity contribution in [2.75, 3.05) is 13.1 Å². The van der Waals surface area contributed by atoms with E-state index in [4.69, 9.17) is 0 Å². The lowest BCUT2D eigenvalue weighted by Crippen LogP contribution is -2.42. The predicted molar refractivity (Wildman–Crippen MR) is 77.6 cm³/mol. The van der Waals surface area contributed by atoms with E-state index < -0.39 is 0 Å². The van der Waals surface area contributed by atoms with Crippen LogP contribution in [-0.2, 0) is 0 Å². The van der Waals surface area contributed by atoms with Crippen LogP contribution in [0.3, 0.4) is 0 Å². The molecule has 0 amide bonds. The van der Waals surface area contributed by atoms with Crippen LogP contribution in [0.2, 0.25) is 0 Å². The second kappa shape index (κ2) is 6.64. The van der Waals surface area contributed by atoms with Gasteiger partial charge in [-0.2, -0.15) is 0 Å². The maximum Gasteiger partial charge on any atom is 0.128 e. The third kappa shape index (κ3) is 3.55. The molecule has 0 aliphatic carbocycles. The quantitative estimate of drug-likeness (QED) is 0.889. The minimum absolute atomic E-state index is 0.131. The minimum atomic E-state index is -0.379.